The van der Waals surface area contributed by atoms with Crippen LogP contribution in [0.3, 0.4) is 0 Å². The first-order valence-corrected chi connectivity index (χ1v) is 7.77. The van der Waals surface area contributed by atoms with Crippen molar-refractivity contribution in [3.05, 3.63) is 78.9 Å². The summed E-state index contributed by atoms with van der Waals surface area (Å²) in [6.45, 7) is 6.02. The lowest BCUT2D eigenvalue weighted by Gasteiger charge is -2.08. The Labute approximate surface area is 146 Å². The zero-order valence-corrected chi connectivity index (χ0v) is 13.8. The van der Waals surface area contributed by atoms with E-state index in [9.17, 15) is 0 Å². The fourth-order valence-corrected chi connectivity index (χ4v) is 2.30. The number of rotatable bonds is 5. The third kappa shape index (κ3) is 3.90. The molecule has 0 aliphatic rings. The van der Waals surface area contributed by atoms with E-state index in [-0.39, 0.29) is 0 Å². The van der Waals surface area contributed by atoms with Crippen LogP contribution < -0.4 is 0 Å². The maximum atomic E-state index is 7.12. The Bertz CT molecular complexity index is 945. The summed E-state index contributed by atoms with van der Waals surface area (Å²) in [5.41, 5.74) is 3.47. The van der Waals surface area contributed by atoms with Crippen LogP contribution in [0.15, 0.2) is 67.5 Å². The molecule has 0 unspecified atom stereocenters. The highest BCUT2D eigenvalue weighted by atomic mass is 15.0. The quantitative estimate of drug-likeness (QED) is 0.565. The molecule has 0 atom stereocenters. The van der Waals surface area contributed by atoms with Crippen LogP contribution in [0.1, 0.15) is 11.4 Å². The van der Waals surface area contributed by atoms with Crippen LogP contribution in [0, 0.1) is 12.3 Å². The summed E-state index contributed by atoms with van der Waals surface area (Å²) in [4.78, 5) is 17.8. The van der Waals surface area contributed by atoms with Gasteiger partial charge in [0.1, 0.15) is 0 Å². The molecular weight excluding hydrogens is 310 g/mol. The van der Waals surface area contributed by atoms with Crippen molar-refractivity contribution >= 4 is 11.8 Å². The second-order valence-corrected chi connectivity index (χ2v) is 5.47. The lowest BCUT2D eigenvalue weighted by Crippen LogP contribution is -2.02. The van der Waals surface area contributed by atoms with Gasteiger partial charge in [-0.25, -0.2) is 15.0 Å². The monoisotopic (exact) mass is 327 g/mol. The first-order valence-electron chi connectivity index (χ1n) is 7.77. The van der Waals surface area contributed by atoms with E-state index in [0.29, 0.717) is 23.0 Å². The SMILES string of the molecule is C=C(/C=C\C=N)c1nc(-c2cccnc2)nc(-c2cccc(C)c2)n1. The number of nitrogens with zero attached hydrogens (tertiary/aromatic N) is 4. The fraction of sp³-hybridized carbons (Fsp3) is 0.0500. The fourth-order valence-electron chi connectivity index (χ4n) is 2.30. The van der Waals surface area contributed by atoms with Gasteiger partial charge in [0.05, 0.1) is 0 Å². The van der Waals surface area contributed by atoms with E-state index in [2.05, 4.69) is 26.5 Å². The van der Waals surface area contributed by atoms with E-state index < -0.39 is 0 Å². The van der Waals surface area contributed by atoms with Gasteiger partial charge < -0.3 is 5.41 Å². The molecule has 3 aromatic rings. The van der Waals surface area contributed by atoms with Crippen LogP contribution in [0.2, 0.25) is 0 Å². The Morgan fingerprint density at radius 2 is 1.80 bits per heavy atom. The van der Waals surface area contributed by atoms with E-state index >= 15 is 0 Å². The summed E-state index contributed by atoms with van der Waals surface area (Å²) >= 11 is 0. The van der Waals surface area contributed by atoms with Crippen LogP contribution >= 0.6 is 0 Å². The van der Waals surface area contributed by atoms with Gasteiger partial charge in [-0.2, -0.15) is 0 Å². The first kappa shape index (κ1) is 16.4. The van der Waals surface area contributed by atoms with Gasteiger partial charge in [-0.1, -0.05) is 36.4 Å². The largest absolute Gasteiger partial charge is 0.309 e. The van der Waals surface area contributed by atoms with Crippen molar-refractivity contribution in [2.75, 3.05) is 0 Å². The maximum Gasteiger partial charge on any atom is 0.165 e. The smallest absolute Gasteiger partial charge is 0.165 e. The van der Waals surface area contributed by atoms with Crippen LogP contribution in [0.4, 0.5) is 0 Å². The van der Waals surface area contributed by atoms with Gasteiger partial charge in [0.2, 0.25) is 0 Å². The number of hydrogen-bond donors (Lipinski definition) is 1. The number of allylic oxidation sites excluding steroid dienone is 3. The second-order valence-electron chi connectivity index (χ2n) is 5.47. The third-order valence-corrected chi connectivity index (χ3v) is 3.51. The van der Waals surface area contributed by atoms with Gasteiger partial charge in [0.15, 0.2) is 17.5 Å². The normalized spacial score (nSPS) is 10.8. The van der Waals surface area contributed by atoms with Crippen molar-refractivity contribution in [1.82, 2.24) is 19.9 Å². The Kier molecular flexibility index (Phi) is 4.85. The number of aryl methyl sites for hydroxylation is 1. The van der Waals surface area contributed by atoms with Crippen LogP contribution in [0.25, 0.3) is 28.3 Å². The lowest BCUT2D eigenvalue weighted by atomic mass is 10.1. The number of pyridine rings is 1. The molecule has 0 aliphatic carbocycles. The predicted molar refractivity (Wildman–Crippen MR) is 100 cm³/mol. The maximum absolute atomic E-state index is 7.12. The summed E-state index contributed by atoms with van der Waals surface area (Å²) in [6.07, 6.45) is 7.90. The average molecular weight is 327 g/mol. The Morgan fingerprint density at radius 1 is 1.04 bits per heavy atom. The number of hydrogen-bond acceptors (Lipinski definition) is 5. The molecular formula is C20H17N5. The van der Waals surface area contributed by atoms with Crippen molar-refractivity contribution < 1.29 is 0 Å². The van der Waals surface area contributed by atoms with Crippen molar-refractivity contribution in [2.24, 2.45) is 0 Å². The van der Waals surface area contributed by atoms with Gasteiger partial charge >= 0.3 is 0 Å². The minimum absolute atomic E-state index is 0.475. The molecule has 25 heavy (non-hydrogen) atoms. The highest BCUT2D eigenvalue weighted by Gasteiger charge is 2.11. The zero-order valence-electron chi connectivity index (χ0n) is 13.8. The predicted octanol–water partition coefficient (Wildman–Crippen LogP) is 4.13. The minimum Gasteiger partial charge on any atom is -0.309 e. The highest BCUT2D eigenvalue weighted by Crippen LogP contribution is 2.22. The second kappa shape index (κ2) is 7.40. The molecule has 0 radical (unpaired) electrons. The Morgan fingerprint density at radius 3 is 2.48 bits per heavy atom. The van der Waals surface area contributed by atoms with E-state index in [4.69, 9.17) is 5.41 Å². The lowest BCUT2D eigenvalue weighted by molar-refractivity contribution is 1.03. The van der Waals surface area contributed by atoms with Crippen LogP contribution in [-0.4, -0.2) is 26.2 Å². The molecule has 5 nitrogen and oxygen atoms in total. The van der Waals surface area contributed by atoms with Crippen molar-refractivity contribution in [1.29, 1.82) is 5.41 Å². The van der Waals surface area contributed by atoms with Gasteiger partial charge in [-0.05, 0) is 31.2 Å². The molecule has 122 valence electrons. The molecule has 0 saturated heterocycles. The van der Waals surface area contributed by atoms with Gasteiger partial charge in [0, 0.05) is 35.3 Å². The molecule has 0 spiro atoms. The van der Waals surface area contributed by atoms with Crippen molar-refractivity contribution in [3.63, 3.8) is 0 Å². The van der Waals surface area contributed by atoms with Crippen LogP contribution in [0.5, 0.6) is 0 Å². The summed E-state index contributed by atoms with van der Waals surface area (Å²) < 4.78 is 0. The number of nitrogens with one attached hydrogen (secondary N) is 1. The van der Waals surface area contributed by atoms with E-state index in [1.165, 1.54) is 6.21 Å². The molecule has 1 N–H and O–H groups in total. The standard InChI is InChI=1S/C20H17N5/c1-14-6-3-8-16(12-14)19-23-18(15(2)7-4-10-21)24-20(25-19)17-9-5-11-22-13-17/h3-13,21H,2H2,1H3/b7-4-,21-10?. The third-order valence-electron chi connectivity index (χ3n) is 3.51. The first-order chi connectivity index (χ1) is 12.2. The Hall–Kier alpha value is -3.47. The molecule has 1 aromatic carbocycles. The number of benzene rings is 1. The summed E-state index contributed by atoms with van der Waals surface area (Å²) in [6, 6.07) is 11.7. The molecule has 0 bridgehead atoms. The number of aromatic nitrogens is 4. The molecule has 3 rings (SSSR count). The molecule has 2 heterocycles. The van der Waals surface area contributed by atoms with E-state index in [1.807, 2.05) is 43.3 Å². The Balaban J connectivity index is 2.16. The molecule has 0 saturated carbocycles. The molecule has 0 fully saturated rings. The molecule has 0 amide bonds. The van der Waals surface area contributed by atoms with E-state index in [1.54, 1.807) is 24.5 Å². The van der Waals surface area contributed by atoms with Gasteiger partial charge in [-0.3, -0.25) is 4.98 Å². The highest BCUT2D eigenvalue weighted by molar-refractivity contribution is 5.77. The van der Waals surface area contributed by atoms with Gasteiger partial charge in [-0.15, -0.1) is 0 Å². The minimum atomic E-state index is 0.475. The summed E-state index contributed by atoms with van der Waals surface area (Å²) in [7, 11) is 0. The summed E-state index contributed by atoms with van der Waals surface area (Å²) in [5.74, 6) is 1.60. The molecule has 2 aromatic heterocycles. The average Bonchev–Trinajstić information content (AvgIpc) is 2.66. The topological polar surface area (TPSA) is 75.4 Å². The van der Waals surface area contributed by atoms with Crippen LogP contribution in [-0.2, 0) is 0 Å². The van der Waals surface area contributed by atoms with Crippen molar-refractivity contribution in [2.45, 2.75) is 6.92 Å². The van der Waals surface area contributed by atoms with E-state index in [0.717, 1.165) is 16.7 Å². The van der Waals surface area contributed by atoms with Gasteiger partial charge in [0.25, 0.3) is 0 Å². The zero-order chi connectivity index (χ0) is 17.6. The molecule has 0 aliphatic heterocycles. The molecule has 5 heteroatoms. The van der Waals surface area contributed by atoms with Crippen molar-refractivity contribution in [3.8, 4) is 22.8 Å². The summed E-state index contributed by atoms with van der Waals surface area (Å²) in [5, 5.41) is 7.12.